The number of para-hydroxylation sites is 1. The van der Waals surface area contributed by atoms with Crippen LogP contribution in [-0.2, 0) is 24.5 Å². The lowest BCUT2D eigenvalue weighted by Crippen LogP contribution is -2.30. The predicted molar refractivity (Wildman–Crippen MR) is 109 cm³/mol. The summed E-state index contributed by atoms with van der Waals surface area (Å²) in [5, 5.41) is 10.2. The van der Waals surface area contributed by atoms with E-state index in [1.165, 1.54) is 4.88 Å². The van der Waals surface area contributed by atoms with Gasteiger partial charge in [-0.25, -0.2) is 4.68 Å². The average Bonchev–Trinajstić information content (AvgIpc) is 3.38. The van der Waals surface area contributed by atoms with Gasteiger partial charge in [0.1, 0.15) is 24.4 Å². The van der Waals surface area contributed by atoms with Gasteiger partial charge in [0, 0.05) is 18.5 Å². The first kappa shape index (κ1) is 18.2. The number of thiophene rings is 1. The second kappa shape index (κ2) is 8.22. The highest BCUT2D eigenvalue weighted by Gasteiger charge is 2.13. The van der Waals surface area contributed by atoms with Crippen LogP contribution in [0.3, 0.4) is 0 Å². The molecular weight excluding hydrogens is 372 g/mol. The van der Waals surface area contributed by atoms with Crippen molar-refractivity contribution < 1.29 is 9.53 Å². The zero-order chi connectivity index (χ0) is 19.3. The molecule has 0 aliphatic heterocycles. The number of likely N-dealkylation sites (N-methyl/N-ethyl adjacent to an activating group) is 1. The lowest BCUT2D eigenvalue weighted by Gasteiger charge is -2.17. The van der Waals surface area contributed by atoms with E-state index in [-0.39, 0.29) is 12.5 Å². The number of nitrogens with zero attached hydrogens (tertiary/aromatic N) is 4. The highest BCUT2D eigenvalue weighted by atomic mass is 32.1. The van der Waals surface area contributed by atoms with Gasteiger partial charge in [0.2, 0.25) is 5.91 Å². The van der Waals surface area contributed by atoms with E-state index in [4.69, 9.17) is 4.74 Å². The van der Waals surface area contributed by atoms with Crippen LogP contribution >= 0.6 is 11.3 Å². The molecule has 4 rings (SSSR count). The van der Waals surface area contributed by atoms with Crippen LogP contribution in [0.4, 0.5) is 0 Å². The molecule has 4 aromatic rings. The normalized spacial score (nSPS) is 10.9. The van der Waals surface area contributed by atoms with Crippen LogP contribution in [0, 0.1) is 0 Å². The van der Waals surface area contributed by atoms with Gasteiger partial charge in [0.05, 0.1) is 5.52 Å². The Morgan fingerprint density at radius 2 is 1.93 bits per heavy atom. The van der Waals surface area contributed by atoms with Crippen molar-refractivity contribution in [3.8, 4) is 5.75 Å². The molecule has 2 aromatic heterocycles. The summed E-state index contributed by atoms with van der Waals surface area (Å²) in [6.07, 6.45) is 0. The highest BCUT2D eigenvalue weighted by Crippen LogP contribution is 2.17. The quantitative estimate of drug-likeness (QED) is 0.481. The monoisotopic (exact) mass is 392 g/mol. The molecule has 1 amide bonds. The van der Waals surface area contributed by atoms with Gasteiger partial charge < -0.3 is 9.64 Å². The van der Waals surface area contributed by atoms with Crippen molar-refractivity contribution in [2.75, 3.05) is 7.05 Å². The Morgan fingerprint density at radius 3 is 2.71 bits per heavy atom. The first-order valence-corrected chi connectivity index (χ1v) is 9.83. The second-order valence-corrected chi connectivity index (χ2v) is 7.53. The van der Waals surface area contributed by atoms with Crippen molar-refractivity contribution in [1.29, 1.82) is 0 Å². The fraction of sp³-hybridized carbons (Fsp3) is 0.190. The van der Waals surface area contributed by atoms with Crippen LogP contribution in [-0.4, -0.2) is 32.8 Å². The minimum Gasteiger partial charge on any atom is -0.488 e. The van der Waals surface area contributed by atoms with Crippen molar-refractivity contribution in [3.63, 3.8) is 0 Å². The smallest absolute Gasteiger partial charge is 0.244 e. The van der Waals surface area contributed by atoms with Crippen molar-refractivity contribution in [2.24, 2.45) is 0 Å². The lowest BCUT2D eigenvalue weighted by atomic mass is 10.2. The molecule has 0 bridgehead atoms. The van der Waals surface area contributed by atoms with Gasteiger partial charge in [-0.15, -0.1) is 16.4 Å². The Hall–Kier alpha value is -3.19. The van der Waals surface area contributed by atoms with E-state index in [2.05, 4.69) is 16.4 Å². The number of hydrogen-bond acceptors (Lipinski definition) is 5. The third kappa shape index (κ3) is 4.20. The van der Waals surface area contributed by atoms with Crippen LogP contribution in [0.5, 0.6) is 5.75 Å². The molecule has 0 N–H and O–H groups in total. The minimum absolute atomic E-state index is 0.0197. The van der Waals surface area contributed by atoms with E-state index in [0.29, 0.717) is 13.2 Å². The Morgan fingerprint density at radius 1 is 1.11 bits per heavy atom. The van der Waals surface area contributed by atoms with Crippen molar-refractivity contribution >= 4 is 28.3 Å². The van der Waals surface area contributed by atoms with E-state index in [0.717, 1.165) is 22.3 Å². The molecule has 6 nitrogen and oxygen atoms in total. The fourth-order valence-electron chi connectivity index (χ4n) is 2.89. The second-order valence-electron chi connectivity index (χ2n) is 6.50. The average molecular weight is 392 g/mol. The fourth-order valence-corrected chi connectivity index (χ4v) is 3.50. The summed E-state index contributed by atoms with van der Waals surface area (Å²) in [4.78, 5) is 15.5. The Labute approximate surface area is 167 Å². The predicted octanol–water partition coefficient (Wildman–Crippen LogP) is 3.73. The molecule has 0 aliphatic carbocycles. The zero-order valence-electron chi connectivity index (χ0n) is 15.5. The summed E-state index contributed by atoms with van der Waals surface area (Å²) in [6, 6.07) is 19.5. The number of rotatable bonds is 7. The molecule has 2 heterocycles. The summed E-state index contributed by atoms with van der Waals surface area (Å²) in [7, 11) is 1.79. The third-order valence-electron chi connectivity index (χ3n) is 4.44. The zero-order valence-corrected chi connectivity index (χ0v) is 16.3. The van der Waals surface area contributed by atoms with Crippen LogP contribution in [0.2, 0.25) is 0 Å². The molecule has 0 unspecified atom stereocenters. The van der Waals surface area contributed by atoms with Crippen molar-refractivity contribution in [2.45, 2.75) is 19.7 Å². The van der Waals surface area contributed by atoms with Crippen LogP contribution < -0.4 is 4.74 Å². The van der Waals surface area contributed by atoms with E-state index < -0.39 is 0 Å². The number of benzene rings is 2. The van der Waals surface area contributed by atoms with Crippen LogP contribution in [0.25, 0.3) is 11.0 Å². The van der Waals surface area contributed by atoms with E-state index in [1.807, 2.05) is 60.0 Å². The Bertz CT molecular complexity index is 1060. The Balaban J connectivity index is 1.33. The molecule has 0 spiro atoms. The van der Waals surface area contributed by atoms with E-state index >= 15 is 0 Å². The van der Waals surface area contributed by atoms with E-state index in [1.54, 1.807) is 28.0 Å². The molecule has 0 fully saturated rings. The summed E-state index contributed by atoms with van der Waals surface area (Å²) >= 11 is 1.68. The maximum atomic E-state index is 12.6. The van der Waals surface area contributed by atoms with Crippen molar-refractivity contribution in [1.82, 2.24) is 19.9 Å². The molecule has 0 saturated carbocycles. The number of aromatic nitrogens is 3. The maximum Gasteiger partial charge on any atom is 0.244 e. The van der Waals surface area contributed by atoms with Gasteiger partial charge in [0.15, 0.2) is 0 Å². The molecule has 0 radical (unpaired) electrons. The standard InChI is InChI=1S/C21H20N4O2S/c1-24(21(26)14-25-20-7-3-2-6-19(20)22-23-25)13-16-8-10-17(11-9-16)27-15-18-5-4-12-28-18/h2-12H,13-15H2,1H3. The Kier molecular flexibility index (Phi) is 5.34. The van der Waals surface area contributed by atoms with Gasteiger partial charge in [-0.1, -0.05) is 35.5 Å². The number of carbonyl (C=O) groups is 1. The highest BCUT2D eigenvalue weighted by molar-refractivity contribution is 7.09. The molecule has 7 heteroatoms. The van der Waals surface area contributed by atoms with Crippen molar-refractivity contribution in [3.05, 3.63) is 76.5 Å². The maximum absolute atomic E-state index is 12.6. The van der Waals surface area contributed by atoms with E-state index in [9.17, 15) is 4.79 Å². The molecule has 0 aliphatic rings. The largest absolute Gasteiger partial charge is 0.488 e. The summed E-state index contributed by atoms with van der Waals surface area (Å²) in [5.41, 5.74) is 2.69. The molecular formula is C21H20N4O2S. The lowest BCUT2D eigenvalue weighted by molar-refractivity contribution is -0.131. The summed E-state index contributed by atoms with van der Waals surface area (Å²) < 4.78 is 7.41. The summed E-state index contributed by atoms with van der Waals surface area (Å²) in [6.45, 7) is 1.26. The number of ether oxygens (including phenoxy) is 1. The SMILES string of the molecule is CN(Cc1ccc(OCc2cccs2)cc1)C(=O)Cn1nnc2ccccc21. The third-order valence-corrected chi connectivity index (χ3v) is 5.29. The van der Waals surface area contributed by atoms with Gasteiger partial charge in [0.25, 0.3) is 0 Å². The number of carbonyl (C=O) groups excluding carboxylic acids is 1. The topological polar surface area (TPSA) is 60.2 Å². The van der Waals surface area contributed by atoms with Crippen LogP contribution in [0.1, 0.15) is 10.4 Å². The first-order chi connectivity index (χ1) is 13.7. The molecule has 0 atom stereocenters. The first-order valence-electron chi connectivity index (χ1n) is 8.95. The minimum atomic E-state index is -0.0197. The molecule has 142 valence electrons. The van der Waals surface area contributed by atoms with Crippen LogP contribution in [0.15, 0.2) is 66.0 Å². The molecule has 28 heavy (non-hydrogen) atoms. The number of fused-ring (bicyclic) bond motifs is 1. The number of hydrogen-bond donors (Lipinski definition) is 0. The molecule has 2 aromatic carbocycles. The van der Waals surface area contributed by atoms with Gasteiger partial charge in [-0.3, -0.25) is 4.79 Å². The van der Waals surface area contributed by atoms with Gasteiger partial charge in [-0.05, 0) is 41.3 Å². The molecule has 0 saturated heterocycles. The summed E-state index contributed by atoms with van der Waals surface area (Å²) in [5.74, 6) is 0.800. The van der Waals surface area contributed by atoms with Gasteiger partial charge in [-0.2, -0.15) is 0 Å². The van der Waals surface area contributed by atoms with Gasteiger partial charge >= 0.3 is 0 Å². The number of amides is 1.